The predicted molar refractivity (Wildman–Crippen MR) is 59.4 cm³/mol. The lowest BCUT2D eigenvalue weighted by Crippen LogP contribution is -2.46. The van der Waals surface area contributed by atoms with Crippen molar-refractivity contribution in [2.75, 3.05) is 26.2 Å². The third kappa shape index (κ3) is 2.09. The zero-order valence-electron chi connectivity index (χ0n) is 9.69. The Bertz CT molecular complexity index is 367. The topological polar surface area (TPSA) is 58.4 Å². The summed E-state index contributed by atoms with van der Waals surface area (Å²) in [5.74, 6) is 0.902. The molecule has 1 aliphatic heterocycles. The van der Waals surface area contributed by atoms with Crippen molar-refractivity contribution in [2.45, 2.75) is 19.8 Å². The van der Waals surface area contributed by atoms with E-state index in [1.807, 2.05) is 18.7 Å². The highest BCUT2D eigenvalue weighted by Crippen LogP contribution is 2.20. The first-order valence-electron chi connectivity index (χ1n) is 5.64. The minimum atomic E-state index is 0.0338. The molecule has 0 spiro atoms. The van der Waals surface area contributed by atoms with Gasteiger partial charge in [0.25, 0.3) is 5.91 Å². The highest BCUT2D eigenvalue weighted by atomic mass is 16.5. The van der Waals surface area contributed by atoms with Gasteiger partial charge in [0.15, 0.2) is 5.76 Å². The van der Waals surface area contributed by atoms with Crippen LogP contribution in [0.25, 0.3) is 0 Å². The van der Waals surface area contributed by atoms with Gasteiger partial charge in [-0.05, 0) is 0 Å². The molecule has 1 amide bonds. The Hall–Kier alpha value is -1.36. The summed E-state index contributed by atoms with van der Waals surface area (Å²) in [6, 6.07) is 0. The molecule has 0 bridgehead atoms. The average molecular weight is 223 g/mol. The number of aromatic nitrogens is 1. The van der Waals surface area contributed by atoms with Gasteiger partial charge in [-0.25, -0.2) is 0 Å². The Morgan fingerprint density at radius 1 is 1.50 bits per heavy atom. The average Bonchev–Trinajstić information content (AvgIpc) is 2.78. The van der Waals surface area contributed by atoms with E-state index in [-0.39, 0.29) is 11.8 Å². The quantitative estimate of drug-likeness (QED) is 0.807. The minimum absolute atomic E-state index is 0.0338. The fraction of sp³-hybridized carbons (Fsp3) is 0.636. The van der Waals surface area contributed by atoms with Gasteiger partial charge in [-0.15, -0.1) is 0 Å². The number of piperazine rings is 1. The molecule has 0 unspecified atom stereocenters. The minimum Gasteiger partial charge on any atom is -0.360 e. The molecule has 16 heavy (non-hydrogen) atoms. The van der Waals surface area contributed by atoms with E-state index in [1.165, 1.54) is 6.20 Å². The molecule has 5 heteroatoms. The molecular weight excluding hydrogens is 206 g/mol. The van der Waals surface area contributed by atoms with Gasteiger partial charge in [0.1, 0.15) is 5.56 Å². The molecule has 1 aliphatic rings. The van der Waals surface area contributed by atoms with Gasteiger partial charge in [-0.2, -0.15) is 0 Å². The van der Waals surface area contributed by atoms with Crippen molar-refractivity contribution in [1.29, 1.82) is 0 Å². The Morgan fingerprint density at radius 3 is 2.81 bits per heavy atom. The number of carbonyl (C=O) groups excluding carboxylic acids is 1. The maximum atomic E-state index is 12.2. The molecule has 0 saturated carbocycles. The molecule has 5 nitrogen and oxygen atoms in total. The molecule has 1 N–H and O–H groups in total. The van der Waals surface area contributed by atoms with Gasteiger partial charge in [0, 0.05) is 32.1 Å². The Balaban J connectivity index is 2.16. The van der Waals surface area contributed by atoms with Crippen molar-refractivity contribution in [3.05, 3.63) is 17.5 Å². The highest BCUT2D eigenvalue weighted by Gasteiger charge is 2.24. The van der Waals surface area contributed by atoms with Crippen molar-refractivity contribution in [1.82, 2.24) is 15.4 Å². The largest absolute Gasteiger partial charge is 0.360 e. The van der Waals surface area contributed by atoms with Crippen molar-refractivity contribution < 1.29 is 9.32 Å². The number of nitrogens with zero attached hydrogens (tertiary/aromatic N) is 2. The molecule has 0 atom stereocenters. The summed E-state index contributed by atoms with van der Waals surface area (Å²) >= 11 is 0. The zero-order chi connectivity index (χ0) is 11.5. The zero-order valence-corrected chi connectivity index (χ0v) is 9.69. The van der Waals surface area contributed by atoms with E-state index in [4.69, 9.17) is 4.52 Å². The number of hydrogen-bond donors (Lipinski definition) is 1. The van der Waals surface area contributed by atoms with Crippen LogP contribution in [-0.2, 0) is 0 Å². The SMILES string of the molecule is CC(C)c1oncc1C(=O)N1CCNCC1. The van der Waals surface area contributed by atoms with E-state index in [0.717, 1.165) is 26.2 Å². The summed E-state index contributed by atoms with van der Waals surface area (Å²) in [7, 11) is 0. The van der Waals surface area contributed by atoms with Crippen LogP contribution in [0.1, 0.15) is 35.9 Å². The number of hydrogen-bond acceptors (Lipinski definition) is 4. The monoisotopic (exact) mass is 223 g/mol. The van der Waals surface area contributed by atoms with Crippen LogP contribution in [0, 0.1) is 0 Å². The summed E-state index contributed by atoms with van der Waals surface area (Å²) in [6.45, 7) is 7.20. The molecule has 88 valence electrons. The second-order valence-corrected chi connectivity index (χ2v) is 4.30. The van der Waals surface area contributed by atoms with Crippen molar-refractivity contribution in [3.63, 3.8) is 0 Å². The molecule has 2 rings (SSSR count). The molecule has 1 aromatic rings. The van der Waals surface area contributed by atoms with Crippen molar-refractivity contribution in [3.8, 4) is 0 Å². The fourth-order valence-electron chi connectivity index (χ4n) is 1.86. The van der Waals surface area contributed by atoms with Gasteiger partial charge < -0.3 is 14.7 Å². The van der Waals surface area contributed by atoms with Crippen LogP contribution in [0.2, 0.25) is 0 Å². The molecule has 0 radical (unpaired) electrons. The fourth-order valence-corrected chi connectivity index (χ4v) is 1.86. The Labute approximate surface area is 94.8 Å². The molecule has 2 heterocycles. The molecule has 1 fully saturated rings. The van der Waals surface area contributed by atoms with Crippen LogP contribution < -0.4 is 5.32 Å². The molecule has 1 aromatic heterocycles. The van der Waals surface area contributed by atoms with E-state index < -0.39 is 0 Å². The lowest BCUT2D eigenvalue weighted by atomic mass is 10.1. The second-order valence-electron chi connectivity index (χ2n) is 4.30. The van der Waals surface area contributed by atoms with Crippen LogP contribution in [0.3, 0.4) is 0 Å². The third-order valence-corrected chi connectivity index (χ3v) is 2.76. The smallest absolute Gasteiger partial charge is 0.259 e. The van der Waals surface area contributed by atoms with Crippen molar-refractivity contribution in [2.24, 2.45) is 0 Å². The molecular formula is C11H17N3O2. The van der Waals surface area contributed by atoms with Crippen LogP contribution in [-0.4, -0.2) is 42.1 Å². The summed E-state index contributed by atoms with van der Waals surface area (Å²) in [5.41, 5.74) is 0.608. The first kappa shape index (κ1) is 11.1. The van der Waals surface area contributed by atoms with Gasteiger partial charge in [0.2, 0.25) is 0 Å². The van der Waals surface area contributed by atoms with E-state index in [9.17, 15) is 4.79 Å². The molecule has 1 saturated heterocycles. The lowest BCUT2D eigenvalue weighted by Gasteiger charge is -2.27. The maximum Gasteiger partial charge on any atom is 0.259 e. The first-order valence-corrected chi connectivity index (χ1v) is 5.64. The van der Waals surface area contributed by atoms with Crippen molar-refractivity contribution >= 4 is 5.91 Å². The number of amides is 1. The van der Waals surface area contributed by atoms with Gasteiger partial charge >= 0.3 is 0 Å². The van der Waals surface area contributed by atoms with Crippen LogP contribution >= 0.6 is 0 Å². The second kappa shape index (κ2) is 4.65. The van der Waals surface area contributed by atoms with Gasteiger partial charge in [-0.1, -0.05) is 19.0 Å². The normalized spacial score (nSPS) is 16.8. The van der Waals surface area contributed by atoms with Gasteiger partial charge in [-0.3, -0.25) is 4.79 Å². The Morgan fingerprint density at radius 2 is 2.19 bits per heavy atom. The molecule has 0 aliphatic carbocycles. The van der Waals surface area contributed by atoms with Gasteiger partial charge in [0.05, 0.1) is 6.20 Å². The number of nitrogens with one attached hydrogen (secondary N) is 1. The Kier molecular flexibility index (Phi) is 3.24. The molecule has 0 aromatic carbocycles. The summed E-state index contributed by atoms with van der Waals surface area (Å²) in [5, 5.41) is 6.94. The van der Waals surface area contributed by atoms with Crippen LogP contribution in [0.15, 0.2) is 10.7 Å². The number of carbonyl (C=O) groups is 1. The summed E-state index contributed by atoms with van der Waals surface area (Å²) in [6.07, 6.45) is 1.53. The standard InChI is InChI=1S/C11H17N3O2/c1-8(2)10-9(7-13-16-10)11(15)14-5-3-12-4-6-14/h7-8,12H,3-6H2,1-2H3. The van der Waals surface area contributed by atoms with Crippen LogP contribution in [0.5, 0.6) is 0 Å². The van der Waals surface area contributed by atoms with E-state index in [1.54, 1.807) is 0 Å². The highest BCUT2D eigenvalue weighted by molar-refractivity contribution is 5.95. The van der Waals surface area contributed by atoms with E-state index >= 15 is 0 Å². The van der Waals surface area contributed by atoms with E-state index in [0.29, 0.717) is 11.3 Å². The summed E-state index contributed by atoms with van der Waals surface area (Å²) < 4.78 is 5.12. The maximum absolute atomic E-state index is 12.2. The number of rotatable bonds is 2. The first-order chi connectivity index (χ1) is 7.70. The predicted octanol–water partition coefficient (Wildman–Crippen LogP) is 0.843. The van der Waals surface area contributed by atoms with E-state index in [2.05, 4.69) is 10.5 Å². The lowest BCUT2D eigenvalue weighted by molar-refractivity contribution is 0.0733. The summed E-state index contributed by atoms with van der Waals surface area (Å²) in [4.78, 5) is 14.0. The van der Waals surface area contributed by atoms with Crippen LogP contribution in [0.4, 0.5) is 0 Å². The third-order valence-electron chi connectivity index (χ3n) is 2.76.